The van der Waals surface area contributed by atoms with E-state index in [4.69, 9.17) is 0 Å². The molecular formula is C27H33F3N2O. The molecule has 0 radical (unpaired) electrons. The van der Waals surface area contributed by atoms with Crippen LogP contribution in [0.1, 0.15) is 76.8 Å². The third-order valence-electron chi connectivity index (χ3n) is 9.47. The van der Waals surface area contributed by atoms with Crippen molar-refractivity contribution in [3.8, 4) is 0 Å². The fourth-order valence-electron chi connectivity index (χ4n) is 7.83. The third-order valence-corrected chi connectivity index (χ3v) is 9.47. The fraction of sp³-hybridized carbons (Fsp3) is 0.630. The number of nitrogens with zero attached hydrogens (tertiary/aromatic N) is 1. The number of halogens is 3. The number of rotatable bonds is 2. The summed E-state index contributed by atoms with van der Waals surface area (Å²) in [5.74, 6) is 1.63. The average Bonchev–Trinajstić information content (AvgIpc) is 3.10. The molecule has 0 bridgehead atoms. The zero-order valence-electron chi connectivity index (χ0n) is 19.6. The minimum atomic E-state index is -4.38. The van der Waals surface area contributed by atoms with Gasteiger partial charge in [0.2, 0.25) is 5.91 Å². The molecule has 178 valence electrons. The maximum atomic E-state index is 13.3. The van der Waals surface area contributed by atoms with Gasteiger partial charge in [0.1, 0.15) is 0 Å². The number of amides is 1. The van der Waals surface area contributed by atoms with Crippen LogP contribution < -0.4 is 5.32 Å². The molecule has 4 aliphatic carbocycles. The third kappa shape index (κ3) is 3.64. The van der Waals surface area contributed by atoms with Crippen molar-refractivity contribution >= 4 is 11.5 Å². The molecule has 0 aliphatic heterocycles. The van der Waals surface area contributed by atoms with E-state index in [-0.39, 0.29) is 22.8 Å². The topological polar surface area (TPSA) is 42.0 Å². The predicted molar refractivity (Wildman–Crippen MR) is 122 cm³/mol. The molecule has 0 spiro atoms. The summed E-state index contributed by atoms with van der Waals surface area (Å²) in [6.45, 7) is 6.27. The largest absolute Gasteiger partial charge is 0.417 e. The van der Waals surface area contributed by atoms with Crippen molar-refractivity contribution in [3.63, 3.8) is 0 Å². The van der Waals surface area contributed by atoms with E-state index < -0.39 is 11.7 Å². The van der Waals surface area contributed by atoms with Gasteiger partial charge in [-0.3, -0.25) is 9.78 Å². The molecule has 6 atom stereocenters. The van der Waals surface area contributed by atoms with Gasteiger partial charge in [-0.15, -0.1) is 0 Å². The lowest BCUT2D eigenvalue weighted by molar-refractivity contribution is -0.137. The van der Waals surface area contributed by atoms with Crippen LogP contribution in [0.5, 0.6) is 0 Å². The van der Waals surface area contributed by atoms with E-state index in [9.17, 15) is 18.0 Å². The first kappa shape index (κ1) is 22.7. The molecule has 33 heavy (non-hydrogen) atoms. The zero-order valence-corrected chi connectivity index (χ0v) is 19.6. The van der Waals surface area contributed by atoms with Gasteiger partial charge in [0.15, 0.2) is 0 Å². The van der Waals surface area contributed by atoms with Gasteiger partial charge in [-0.05, 0) is 90.7 Å². The summed E-state index contributed by atoms with van der Waals surface area (Å²) in [5, 5.41) is 3.11. The Morgan fingerprint density at radius 2 is 1.82 bits per heavy atom. The fourth-order valence-corrected chi connectivity index (χ4v) is 7.83. The van der Waals surface area contributed by atoms with Crippen LogP contribution in [0.4, 0.5) is 13.2 Å². The van der Waals surface area contributed by atoms with Gasteiger partial charge in [0.25, 0.3) is 0 Å². The Labute approximate surface area is 193 Å². The number of carbonyl (C=O) groups excluding carboxylic acids is 1. The Hall–Kier alpha value is -2.11. The molecule has 6 heteroatoms. The molecule has 1 heterocycles. The van der Waals surface area contributed by atoms with Crippen molar-refractivity contribution in [3.05, 3.63) is 47.3 Å². The first-order chi connectivity index (χ1) is 15.5. The van der Waals surface area contributed by atoms with E-state index in [2.05, 4.69) is 36.3 Å². The smallest absolute Gasteiger partial charge is 0.353 e. The highest BCUT2D eigenvalue weighted by molar-refractivity contribution is 5.73. The van der Waals surface area contributed by atoms with Gasteiger partial charge in [0.05, 0.1) is 5.56 Å². The van der Waals surface area contributed by atoms with Gasteiger partial charge in [-0.2, -0.15) is 13.2 Å². The summed E-state index contributed by atoms with van der Waals surface area (Å²) in [5.41, 5.74) is 2.57. The second kappa shape index (κ2) is 7.71. The standard InChI is InChI=1S/C27H33F3N2O/c1-16(33)32-20-8-10-25(2)18(13-20)4-5-21-23-7-6-22(26(23,3)11-9-24(21)25)17-12-19(15-31-14-17)27(28,29)30/h4,6,12,14-15,20-21,23-24H,5,7-11,13H2,1-3H3,(H,32,33)/t20-,21?,23?,24?,25+,26-/m1/s1. The van der Waals surface area contributed by atoms with Crippen molar-refractivity contribution < 1.29 is 18.0 Å². The monoisotopic (exact) mass is 458 g/mol. The Balaban J connectivity index is 1.41. The number of nitrogens with one attached hydrogen (secondary N) is 1. The van der Waals surface area contributed by atoms with Crippen LogP contribution in [0, 0.1) is 28.6 Å². The van der Waals surface area contributed by atoms with Crippen LogP contribution in [-0.4, -0.2) is 16.9 Å². The first-order valence-corrected chi connectivity index (χ1v) is 12.2. The normalized spacial score (nSPS) is 37.9. The molecule has 0 saturated heterocycles. The van der Waals surface area contributed by atoms with E-state index >= 15 is 0 Å². The Morgan fingerprint density at radius 1 is 1.06 bits per heavy atom. The van der Waals surface area contributed by atoms with Gasteiger partial charge < -0.3 is 5.32 Å². The average molecular weight is 459 g/mol. The molecule has 1 amide bonds. The molecule has 3 nitrogen and oxygen atoms in total. The van der Waals surface area contributed by atoms with E-state index in [1.54, 1.807) is 13.1 Å². The molecule has 4 aliphatic rings. The summed E-state index contributed by atoms with van der Waals surface area (Å²) in [6.07, 6.45) is 9.87. The summed E-state index contributed by atoms with van der Waals surface area (Å²) < 4.78 is 39.9. The highest BCUT2D eigenvalue weighted by Crippen LogP contribution is 2.66. The number of carbonyl (C=O) groups is 1. The lowest BCUT2D eigenvalue weighted by Crippen LogP contribution is -2.51. The first-order valence-electron chi connectivity index (χ1n) is 12.2. The SMILES string of the molecule is CC(=O)N[C@@H]1CC[C@@]2(C)C(=CCC3C2CC[C@]2(C)C(c4cncc(C(F)(F)F)c4)=CCC32)C1. The minimum absolute atomic E-state index is 0.0416. The molecule has 5 rings (SSSR count). The van der Waals surface area contributed by atoms with Gasteiger partial charge in [-0.25, -0.2) is 0 Å². The summed E-state index contributed by atoms with van der Waals surface area (Å²) in [7, 11) is 0. The molecule has 2 saturated carbocycles. The molecule has 0 aromatic carbocycles. The zero-order chi connectivity index (χ0) is 23.6. The predicted octanol–water partition coefficient (Wildman–Crippen LogP) is 6.56. The van der Waals surface area contributed by atoms with E-state index in [1.807, 2.05) is 0 Å². The van der Waals surface area contributed by atoms with Crippen molar-refractivity contribution in [2.24, 2.45) is 28.6 Å². The molecule has 3 unspecified atom stereocenters. The van der Waals surface area contributed by atoms with Crippen molar-refractivity contribution in [1.29, 1.82) is 0 Å². The molecule has 1 aromatic heterocycles. The Bertz CT molecular complexity index is 1030. The summed E-state index contributed by atoms with van der Waals surface area (Å²) in [6, 6.07) is 1.52. The van der Waals surface area contributed by atoms with Gasteiger partial charge in [-0.1, -0.05) is 31.6 Å². The molecule has 2 fully saturated rings. The van der Waals surface area contributed by atoms with Gasteiger partial charge in [0, 0.05) is 25.4 Å². The van der Waals surface area contributed by atoms with E-state index in [0.717, 1.165) is 56.7 Å². The van der Waals surface area contributed by atoms with Crippen LogP contribution in [0.2, 0.25) is 0 Å². The number of alkyl halides is 3. The maximum Gasteiger partial charge on any atom is 0.417 e. The molecule has 1 aromatic rings. The Morgan fingerprint density at radius 3 is 2.55 bits per heavy atom. The number of hydrogen-bond donors (Lipinski definition) is 1. The second-order valence-corrected chi connectivity index (χ2v) is 11.2. The summed E-state index contributed by atoms with van der Waals surface area (Å²) >= 11 is 0. The number of allylic oxidation sites excluding steroid dienone is 3. The van der Waals surface area contributed by atoms with Crippen LogP contribution >= 0.6 is 0 Å². The van der Waals surface area contributed by atoms with Crippen LogP contribution in [0.25, 0.3) is 5.57 Å². The van der Waals surface area contributed by atoms with Crippen LogP contribution in [-0.2, 0) is 11.0 Å². The van der Waals surface area contributed by atoms with Crippen molar-refractivity contribution in [1.82, 2.24) is 10.3 Å². The van der Waals surface area contributed by atoms with E-state index in [0.29, 0.717) is 23.3 Å². The van der Waals surface area contributed by atoms with Crippen molar-refractivity contribution in [2.45, 2.75) is 77.9 Å². The van der Waals surface area contributed by atoms with E-state index in [1.165, 1.54) is 11.6 Å². The van der Waals surface area contributed by atoms with Crippen LogP contribution in [0.15, 0.2) is 36.2 Å². The highest BCUT2D eigenvalue weighted by Gasteiger charge is 2.57. The summed E-state index contributed by atoms with van der Waals surface area (Å²) in [4.78, 5) is 15.5. The lowest BCUT2D eigenvalue weighted by Gasteiger charge is -2.58. The number of fused-ring (bicyclic) bond motifs is 5. The minimum Gasteiger partial charge on any atom is -0.353 e. The highest BCUT2D eigenvalue weighted by atomic mass is 19.4. The van der Waals surface area contributed by atoms with Crippen molar-refractivity contribution in [2.75, 3.05) is 0 Å². The Kier molecular flexibility index (Phi) is 5.30. The molecule has 1 N–H and O–H groups in total. The number of aromatic nitrogens is 1. The second-order valence-electron chi connectivity index (χ2n) is 11.2. The molecular weight excluding hydrogens is 425 g/mol. The maximum absolute atomic E-state index is 13.3. The lowest BCUT2D eigenvalue weighted by atomic mass is 9.47. The van der Waals surface area contributed by atoms with Gasteiger partial charge >= 0.3 is 6.18 Å². The quantitative estimate of drug-likeness (QED) is 0.510. The number of pyridine rings is 1. The number of hydrogen-bond acceptors (Lipinski definition) is 2. The van der Waals surface area contributed by atoms with Crippen LogP contribution in [0.3, 0.4) is 0 Å².